The number of aromatic nitrogens is 3. The van der Waals surface area contributed by atoms with Crippen LogP contribution in [0.5, 0.6) is 5.75 Å². The van der Waals surface area contributed by atoms with E-state index in [9.17, 15) is 8.78 Å². The molecule has 152 valence electrons. The minimum absolute atomic E-state index is 0.00734. The van der Waals surface area contributed by atoms with Gasteiger partial charge in [0, 0.05) is 45.3 Å². The van der Waals surface area contributed by atoms with Gasteiger partial charge in [0.15, 0.2) is 22.5 Å². The number of anilines is 1. The Kier molecular flexibility index (Phi) is 5.47. The summed E-state index contributed by atoms with van der Waals surface area (Å²) in [5.74, 6) is -0.789. The van der Waals surface area contributed by atoms with Gasteiger partial charge < -0.3 is 14.4 Å². The molecule has 3 aromatic rings. The molecule has 3 heterocycles. The van der Waals surface area contributed by atoms with Gasteiger partial charge in [0.05, 0.1) is 18.3 Å². The molecular weight excluding hydrogens is 402 g/mol. The first-order valence-electron chi connectivity index (χ1n) is 9.15. The molecule has 0 bridgehead atoms. The van der Waals surface area contributed by atoms with Gasteiger partial charge in [0.25, 0.3) is 0 Å². The number of ether oxygens (including phenoxy) is 2. The highest BCUT2D eigenvalue weighted by atomic mass is 35.5. The molecule has 1 aromatic carbocycles. The summed E-state index contributed by atoms with van der Waals surface area (Å²) in [6, 6.07) is 5.06. The molecule has 0 atom stereocenters. The summed E-state index contributed by atoms with van der Waals surface area (Å²) in [5, 5.41) is 0.301. The van der Waals surface area contributed by atoms with Crippen LogP contribution in [0.3, 0.4) is 0 Å². The van der Waals surface area contributed by atoms with E-state index in [0.29, 0.717) is 47.9 Å². The maximum absolute atomic E-state index is 14.1. The minimum Gasteiger partial charge on any atom is -0.482 e. The Bertz CT molecular complexity index is 1030. The van der Waals surface area contributed by atoms with Crippen LogP contribution in [-0.4, -0.2) is 47.4 Å². The first kappa shape index (κ1) is 19.7. The van der Waals surface area contributed by atoms with Gasteiger partial charge in [-0.25, -0.2) is 18.7 Å². The highest BCUT2D eigenvalue weighted by Crippen LogP contribution is 2.34. The van der Waals surface area contributed by atoms with Gasteiger partial charge in [-0.2, -0.15) is 0 Å². The molecule has 1 saturated heterocycles. The zero-order valence-electron chi connectivity index (χ0n) is 15.7. The second-order valence-corrected chi connectivity index (χ2v) is 7.34. The fraction of sp³-hybridized carbons (Fsp3) is 0.350. The van der Waals surface area contributed by atoms with Crippen molar-refractivity contribution in [1.29, 1.82) is 0 Å². The molecule has 0 N–H and O–H groups in total. The van der Waals surface area contributed by atoms with E-state index < -0.39 is 17.2 Å². The summed E-state index contributed by atoms with van der Waals surface area (Å²) in [6.45, 7) is 1.41. The quantitative estimate of drug-likeness (QED) is 0.621. The van der Waals surface area contributed by atoms with Gasteiger partial charge in [-0.1, -0.05) is 11.6 Å². The first-order valence-corrected chi connectivity index (χ1v) is 9.53. The molecule has 0 saturated carbocycles. The molecule has 6 nitrogen and oxygen atoms in total. The maximum atomic E-state index is 14.1. The van der Waals surface area contributed by atoms with Gasteiger partial charge in [-0.05, 0) is 18.2 Å². The smallest absolute Gasteiger partial charge is 0.172 e. The Balaban J connectivity index is 1.55. The number of nitrogens with zero attached hydrogens (tertiary/aromatic N) is 4. The zero-order valence-corrected chi connectivity index (χ0v) is 16.5. The van der Waals surface area contributed by atoms with Crippen molar-refractivity contribution in [2.24, 2.45) is 0 Å². The number of hydrogen-bond acceptors (Lipinski definition) is 6. The van der Waals surface area contributed by atoms with Crippen LogP contribution in [0.15, 0.2) is 36.7 Å². The van der Waals surface area contributed by atoms with Crippen LogP contribution in [0.25, 0.3) is 11.0 Å². The lowest BCUT2D eigenvalue weighted by molar-refractivity contribution is -0.0290. The molecule has 0 amide bonds. The summed E-state index contributed by atoms with van der Waals surface area (Å²) in [6.07, 6.45) is 4.36. The van der Waals surface area contributed by atoms with E-state index >= 15 is 0 Å². The van der Waals surface area contributed by atoms with E-state index in [1.165, 1.54) is 12.1 Å². The monoisotopic (exact) mass is 420 g/mol. The largest absolute Gasteiger partial charge is 0.482 e. The second kappa shape index (κ2) is 8.04. The number of halogens is 3. The van der Waals surface area contributed by atoms with Gasteiger partial charge in [-0.15, -0.1) is 0 Å². The average Bonchev–Trinajstić information content (AvgIpc) is 2.71. The maximum Gasteiger partial charge on any atom is 0.172 e. The Morgan fingerprint density at radius 3 is 2.66 bits per heavy atom. The summed E-state index contributed by atoms with van der Waals surface area (Å²) < 4.78 is 38.6. The highest BCUT2D eigenvalue weighted by molar-refractivity contribution is 6.32. The van der Waals surface area contributed by atoms with Gasteiger partial charge in [0.2, 0.25) is 0 Å². The Hall–Kier alpha value is -2.58. The molecule has 0 spiro atoms. The molecule has 0 radical (unpaired) electrons. The third-order valence-corrected chi connectivity index (χ3v) is 5.26. The number of pyridine rings is 1. The van der Waals surface area contributed by atoms with E-state index in [1.807, 2.05) is 4.90 Å². The number of benzene rings is 1. The zero-order chi connectivity index (χ0) is 20.4. The standard InChI is InChI=1S/C20H19ClF2N4O2/c1-28-12-20(29-17-3-2-13(22)10-14(17)23)5-8-27(9-6-20)19-18(21)25-16-11-24-7-4-15(16)26-19/h2-4,7,10-11H,5-6,8-9,12H2,1H3. The van der Waals surface area contributed by atoms with E-state index in [1.54, 1.807) is 25.6 Å². The van der Waals surface area contributed by atoms with Gasteiger partial charge >= 0.3 is 0 Å². The molecule has 9 heteroatoms. The number of fused-ring (bicyclic) bond motifs is 1. The van der Waals surface area contributed by atoms with Crippen LogP contribution in [-0.2, 0) is 4.74 Å². The van der Waals surface area contributed by atoms with Crippen molar-refractivity contribution >= 4 is 28.5 Å². The topological polar surface area (TPSA) is 60.4 Å². The predicted molar refractivity (Wildman–Crippen MR) is 105 cm³/mol. The van der Waals surface area contributed by atoms with E-state index in [2.05, 4.69) is 15.0 Å². The normalized spacial score (nSPS) is 16.2. The van der Waals surface area contributed by atoms with Gasteiger partial charge in [0.1, 0.15) is 16.9 Å². The number of rotatable bonds is 5. The Morgan fingerprint density at radius 2 is 1.93 bits per heavy atom. The molecule has 29 heavy (non-hydrogen) atoms. The van der Waals surface area contributed by atoms with Crippen molar-refractivity contribution in [3.63, 3.8) is 0 Å². The van der Waals surface area contributed by atoms with Crippen molar-refractivity contribution < 1.29 is 18.3 Å². The molecule has 4 rings (SSSR count). The summed E-state index contributed by atoms with van der Waals surface area (Å²) in [7, 11) is 1.57. The lowest BCUT2D eigenvalue weighted by Gasteiger charge is -2.42. The van der Waals surface area contributed by atoms with E-state index in [0.717, 1.165) is 6.07 Å². The lowest BCUT2D eigenvalue weighted by Crippen LogP contribution is -2.51. The molecule has 0 aliphatic carbocycles. The second-order valence-electron chi connectivity index (χ2n) is 6.98. The summed E-state index contributed by atoms with van der Waals surface area (Å²) in [5.41, 5.74) is 0.602. The fourth-order valence-electron chi connectivity index (χ4n) is 3.53. The lowest BCUT2D eigenvalue weighted by atomic mass is 9.91. The Labute approximate surface area is 171 Å². The van der Waals surface area contributed by atoms with E-state index in [-0.39, 0.29) is 12.4 Å². The average molecular weight is 421 g/mol. The molecule has 0 unspecified atom stereocenters. The summed E-state index contributed by atoms with van der Waals surface area (Å²) >= 11 is 6.35. The first-order chi connectivity index (χ1) is 14.0. The molecule has 1 aliphatic heterocycles. The SMILES string of the molecule is COCC1(Oc2ccc(F)cc2F)CCN(c2nc3ccncc3nc2Cl)CC1. The van der Waals surface area contributed by atoms with E-state index in [4.69, 9.17) is 21.1 Å². The number of methoxy groups -OCH3 is 1. The summed E-state index contributed by atoms with van der Waals surface area (Å²) in [4.78, 5) is 15.0. The van der Waals surface area contributed by atoms with Crippen molar-refractivity contribution in [3.8, 4) is 5.75 Å². The van der Waals surface area contributed by atoms with Gasteiger partial charge in [-0.3, -0.25) is 4.98 Å². The fourth-order valence-corrected chi connectivity index (χ4v) is 3.79. The minimum atomic E-state index is -0.736. The Morgan fingerprint density at radius 1 is 1.14 bits per heavy atom. The van der Waals surface area contributed by atoms with Crippen LogP contribution in [0, 0.1) is 11.6 Å². The van der Waals surface area contributed by atoms with Crippen molar-refractivity contribution in [2.45, 2.75) is 18.4 Å². The predicted octanol–water partition coefficient (Wildman–Crippen LogP) is 4.02. The highest BCUT2D eigenvalue weighted by Gasteiger charge is 2.38. The molecule has 1 fully saturated rings. The van der Waals surface area contributed by atoms with Crippen LogP contribution < -0.4 is 9.64 Å². The van der Waals surface area contributed by atoms with Crippen LogP contribution in [0.2, 0.25) is 5.15 Å². The molecular formula is C20H19ClF2N4O2. The van der Waals surface area contributed by atoms with Crippen LogP contribution in [0.4, 0.5) is 14.6 Å². The number of piperidine rings is 1. The third kappa shape index (κ3) is 4.09. The molecule has 2 aromatic heterocycles. The van der Waals surface area contributed by atoms with Crippen LogP contribution in [0.1, 0.15) is 12.8 Å². The van der Waals surface area contributed by atoms with Crippen molar-refractivity contribution in [3.05, 3.63) is 53.4 Å². The third-order valence-electron chi connectivity index (χ3n) is 5.01. The van der Waals surface area contributed by atoms with Crippen molar-refractivity contribution in [2.75, 3.05) is 31.7 Å². The van der Waals surface area contributed by atoms with Crippen molar-refractivity contribution in [1.82, 2.24) is 15.0 Å². The number of hydrogen-bond donors (Lipinski definition) is 0. The van der Waals surface area contributed by atoms with Crippen LogP contribution >= 0.6 is 11.6 Å². The molecule has 1 aliphatic rings.